The second-order valence-corrected chi connectivity index (χ2v) is 2.49. The predicted molar refractivity (Wildman–Crippen MR) is 45.2 cm³/mol. The molecule has 0 bridgehead atoms. The van der Waals surface area contributed by atoms with Gasteiger partial charge in [0.05, 0.1) is 0 Å². The van der Waals surface area contributed by atoms with E-state index in [1.807, 2.05) is 19.9 Å². The van der Waals surface area contributed by atoms with Crippen LogP contribution in [0.5, 0.6) is 0 Å². The van der Waals surface area contributed by atoms with Gasteiger partial charge in [-0.2, -0.15) is 0 Å². The van der Waals surface area contributed by atoms with E-state index >= 15 is 0 Å². The Morgan fingerprint density at radius 1 is 1.40 bits per heavy atom. The van der Waals surface area contributed by atoms with Crippen LogP contribution in [0, 0.1) is 10.8 Å². The van der Waals surface area contributed by atoms with Crippen molar-refractivity contribution >= 4 is 11.9 Å². The van der Waals surface area contributed by atoms with Crippen molar-refractivity contribution in [2.45, 2.75) is 26.7 Å². The van der Waals surface area contributed by atoms with Crippen molar-refractivity contribution in [3.63, 3.8) is 0 Å². The van der Waals surface area contributed by atoms with Crippen LogP contribution in [-0.2, 0) is 0 Å². The average molecular weight is 138 g/mol. The Kier molecular flexibility index (Phi) is 4.46. The Morgan fingerprint density at radius 3 is 2.40 bits per heavy atom. The highest BCUT2D eigenvalue weighted by Gasteiger charge is 1.89. The molecule has 0 aliphatic heterocycles. The highest BCUT2D eigenvalue weighted by atomic mass is 14.4. The van der Waals surface area contributed by atoms with Gasteiger partial charge in [0.1, 0.15) is 0 Å². The van der Waals surface area contributed by atoms with Crippen molar-refractivity contribution in [2.24, 2.45) is 0 Å². The third-order valence-electron chi connectivity index (χ3n) is 1.02. The van der Waals surface area contributed by atoms with E-state index in [0.717, 1.165) is 5.57 Å². The van der Waals surface area contributed by atoms with Crippen LogP contribution < -0.4 is 0 Å². The molecule has 0 amide bonds. The number of rotatable bonds is 4. The topological polar surface area (TPSA) is 47.7 Å². The minimum absolute atomic E-state index is 0.614. The maximum absolute atomic E-state index is 7.34. The van der Waals surface area contributed by atoms with Gasteiger partial charge in [-0.05, 0) is 39.0 Å². The fraction of sp³-hybridized carbons (Fsp3) is 0.500. The van der Waals surface area contributed by atoms with E-state index in [4.69, 9.17) is 10.8 Å². The second-order valence-electron chi connectivity index (χ2n) is 2.49. The molecule has 0 saturated carbocycles. The highest BCUT2D eigenvalue weighted by molar-refractivity contribution is 5.93. The van der Waals surface area contributed by atoms with Gasteiger partial charge in [0.2, 0.25) is 0 Å². The summed E-state index contributed by atoms with van der Waals surface area (Å²) in [6, 6.07) is 0. The standard InChI is InChI=1S/C8H14N2/c1-7(2)6-8(10)4-3-5-9/h5-6,9-10H,3-4H2,1-2H3. The summed E-state index contributed by atoms with van der Waals surface area (Å²) in [5, 5.41) is 14.1. The number of hydrogen-bond acceptors (Lipinski definition) is 2. The zero-order valence-corrected chi connectivity index (χ0v) is 6.57. The quantitative estimate of drug-likeness (QED) is 0.560. The summed E-state index contributed by atoms with van der Waals surface area (Å²) >= 11 is 0. The van der Waals surface area contributed by atoms with Crippen molar-refractivity contribution in [3.05, 3.63) is 11.6 Å². The van der Waals surface area contributed by atoms with Gasteiger partial charge >= 0.3 is 0 Å². The smallest absolute Gasteiger partial charge is 0.0316 e. The molecule has 0 rings (SSSR count). The summed E-state index contributed by atoms with van der Waals surface area (Å²) in [7, 11) is 0. The minimum Gasteiger partial charge on any atom is -0.313 e. The van der Waals surface area contributed by atoms with Gasteiger partial charge in [-0.25, -0.2) is 0 Å². The van der Waals surface area contributed by atoms with Crippen LogP contribution >= 0.6 is 0 Å². The first-order valence-electron chi connectivity index (χ1n) is 3.38. The van der Waals surface area contributed by atoms with Gasteiger partial charge in [0, 0.05) is 5.71 Å². The van der Waals surface area contributed by atoms with E-state index < -0.39 is 0 Å². The maximum Gasteiger partial charge on any atom is 0.0316 e. The van der Waals surface area contributed by atoms with E-state index in [1.54, 1.807) is 0 Å². The molecule has 0 aromatic rings. The molecule has 0 heterocycles. The van der Waals surface area contributed by atoms with E-state index in [1.165, 1.54) is 6.21 Å². The first-order valence-corrected chi connectivity index (χ1v) is 3.38. The summed E-state index contributed by atoms with van der Waals surface area (Å²) in [5.74, 6) is 0. The Bertz CT molecular complexity index is 153. The van der Waals surface area contributed by atoms with E-state index in [0.29, 0.717) is 18.6 Å². The van der Waals surface area contributed by atoms with Gasteiger partial charge in [0.25, 0.3) is 0 Å². The normalized spacial score (nSPS) is 8.60. The van der Waals surface area contributed by atoms with Gasteiger partial charge < -0.3 is 10.8 Å². The summed E-state index contributed by atoms with van der Waals surface area (Å²) in [5.41, 5.74) is 1.76. The zero-order valence-electron chi connectivity index (χ0n) is 6.57. The van der Waals surface area contributed by atoms with Gasteiger partial charge in [0.15, 0.2) is 0 Å². The largest absolute Gasteiger partial charge is 0.313 e. The molecule has 0 atom stereocenters. The first-order chi connectivity index (χ1) is 4.66. The SMILES string of the molecule is CC(C)=CC(=N)CCC=N. The molecule has 10 heavy (non-hydrogen) atoms. The number of hydrogen-bond donors (Lipinski definition) is 2. The molecule has 56 valence electrons. The van der Waals surface area contributed by atoms with Gasteiger partial charge in [-0.15, -0.1) is 0 Å². The summed E-state index contributed by atoms with van der Waals surface area (Å²) < 4.78 is 0. The molecule has 2 nitrogen and oxygen atoms in total. The number of allylic oxidation sites excluding steroid dienone is 2. The Labute approximate surface area is 62.0 Å². The highest BCUT2D eigenvalue weighted by Crippen LogP contribution is 1.94. The number of nitrogens with one attached hydrogen (secondary N) is 2. The second kappa shape index (κ2) is 4.91. The molecule has 0 fully saturated rings. The summed E-state index contributed by atoms with van der Waals surface area (Å²) in [6.45, 7) is 3.94. The van der Waals surface area contributed by atoms with Crippen LogP contribution in [-0.4, -0.2) is 11.9 Å². The van der Waals surface area contributed by atoms with Crippen molar-refractivity contribution < 1.29 is 0 Å². The Hall–Kier alpha value is -0.920. The third kappa shape index (κ3) is 5.22. The van der Waals surface area contributed by atoms with E-state index in [9.17, 15) is 0 Å². The third-order valence-corrected chi connectivity index (χ3v) is 1.02. The van der Waals surface area contributed by atoms with Crippen molar-refractivity contribution in [3.8, 4) is 0 Å². The Balaban J connectivity index is 3.64. The van der Waals surface area contributed by atoms with Crippen LogP contribution in [0.4, 0.5) is 0 Å². The monoisotopic (exact) mass is 138 g/mol. The molecule has 0 radical (unpaired) electrons. The molecule has 2 N–H and O–H groups in total. The van der Waals surface area contributed by atoms with Crippen LogP contribution in [0.1, 0.15) is 26.7 Å². The lowest BCUT2D eigenvalue weighted by atomic mass is 10.1. The zero-order chi connectivity index (χ0) is 7.98. The van der Waals surface area contributed by atoms with Gasteiger partial charge in [-0.1, -0.05) is 5.57 Å². The molecule has 0 aliphatic rings. The first kappa shape index (κ1) is 9.08. The predicted octanol–water partition coefficient (Wildman–Crippen LogP) is 2.40. The lowest BCUT2D eigenvalue weighted by Crippen LogP contribution is -1.91. The van der Waals surface area contributed by atoms with E-state index in [2.05, 4.69) is 0 Å². The molecular weight excluding hydrogens is 124 g/mol. The van der Waals surface area contributed by atoms with Crippen LogP contribution in [0.15, 0.2) is 11.6 Å². The summed E-state index contributed by atoms with van der Waals surface area (Å²) in [4.78, 5) is 0. The lowest BCUT2D eigenvalue weighted by Gasteiger charge is -1.93. The molecular formula is C8H14N2. The Morgan fingerprint density at radius 2 is 2.00 bits per heavy atom. The van der Waals surface area contributed by atoms with E-state index in [-0.39, 0.29) is 0 Å². The summed E-state index contributed by atoms with van der Waals surface area (Å²) in [6.07, 6.45) is 4.55. The van der Waals surface area contributed by atoms with Crippen LogP contribution in [0.2, 0.25) is 0 Å². The van der Waals surface area contributed by atoms with Crippen LogP contribution in [0.3, 0.4) is 0 Å². The fourth-order valence-corrected chi connectivity index (χ4v) is 0.648. The minimum atomic E-state index is 0.614. The molecule has 0 spiro atoms. The molecule has 2 heteroatoms. The molecule has 0 unspecified atom stereocenters. The molecule has 0 saturated heterocycles. The molecule has 0 aromatic heterocycles. The lowest BCUT2D eigenvalue weighted by molar-refractivity contribution is 1.14. The van der Waals surface area contributed by atoms with Crippen molar-refractivity contribution in [1.82, 2.24) is 0 Å². The van der Waals surface area contributed by atoms with Gasteiger partial charge in [-0.3, -0.25) is 0 Å². The molecule has 0 aromatic carbocycles. The maximum atomic E-state index is 7.34. The van der Waals surface area contributed by atoms with Crippen molar-refractivity contribution in [2.75, 3.05) is 0 Å². The molecule has 0 aliphatic carbocycles. The van der Waals surface area contributed by atoms with Crippen molar-refractivity contribution in [1.29, 1.82) is 10.8 Å². The fourth-order valence-electron chi connectivity index (χ4n) is 0.648. The van der Waals surface area contributed by atoms with Crippen LogP contribution in [0.25, 0.3) is 0 Å². The average Bonchev–Trinajstić information content (AvgIpc) is 1.82.